The van der Waals surface area contributed by atoms with Crippen LogP contribution in [0.1, 0.15) is 69.1 Å². The average molecular weight is 618 g/mol. The number of benzene rings is 3. The van der Waals surface area contributed by atoms with Gasteiger partial charge in [-0.05, 0) is 59.1 Å². The van der Waals surface area contributed by atoms with Gasteiger partial charge in [0.15, 0.2) is 0 Å². The quantitative estimate of drug-likeness (QED) is 0.104. The van der Waals surface area contributed by atoms with E-state index in [-0.39, 0.29) is 10.8 Å². The Morgan fingerprint density at radius 1 is 0.848 bits per heavy atom. The maximum absolute atomic E-state index is 5.64. The van der Waals surface area contributed by atoms with Crippen LogP contribution in [0.5, 0.6) is 0 Å². The molecule has 0 saturated carbocycles. The second-order valence-electron chi connectivity index (χ2n) is 12.6. The van der Waals surface area contributed by atoms with Crippen molar-refractivity contribution in [2.24, 2.45) is 29.1 Å². The maximum atomic E-state index is 5.64. The standard InChI is InChI=1S/C39H49N6O/c1-12-34(35(40-7)43(8)13-2)41-32-22-18-30(19-23-32)38(3,4)28-14-16-29(17-15-28)39(5,6)31-20-24-33(25-21-31)42-36(46-11)37-44(9)26-27-45(37)10/h13-27H,2,12H2,1,3-11H3/q+1. The molecule has 0 saturated heterocycles. The SMILES string of the molecule is C=CN(C)C(=NC)C(CC)=Nc1ccc(C(C)(C)c2ccc(C(C)(C)c3ccc(N=C(OC)c4n(C)cc[n+]4C)cc3)cc2)cc1. The van der Waals surface area contributed by atoms with Crippen molar-refractivity contribution in [2.75, 3.05) is 21.2 Å². The third-order valence-electron chi connectivity index (χ3n) is 8.98. The second kappa shape index (κ2) is 14.1. The molecule has 0 fully saturated rings. The summed E-state index contributed by atoms with van der Waals surface area (Å²) in [5, 5.41) is 0. The summed E-state index contributed by atoms with van der Waals surface area (Å²) in [6, 6.07) is 26.0. The molecule has 0 atom stereocenters. The molecule has 0 aliphatic rings. The van der Waals surface area contributed by atoms with Crippen molar-refractivity contribution < 1.29 is 9.30 Å². The van der Waals surface area contributed by atoms with E-state index in [9.17, 15) is 0 Å². The molecule has 46 heavy (non-hydrogen) atoms. The highest BCUT2D eigenvalue weighted by atomic mass is 16.5. The van der Waals surface area contributed by atoms with Gasteiger partial charge in [-0.1, -0.05) is 89.7 Å². The van der Waals surface area contributed by atoms with E-state index < -0.39 is 0 Å². The van der Waals surface area contributed by atoms with Crippen molar-refractivity contribution in [3.8, 4) is 0 Å². The van der Waals surface area contributed by atoms with Gasteiger partial charge in [0, 0.05) is 24.9 Å². The van der Waals surface area contributed by atoms with E-state index in [1.165, 1.54) is 22.3 Å². The van der Waals surface area contributed by atoms with E-state index in [1.807, 2.05) is 47.6 Å². The van der Waals surface area contributed by atoms with Gasteiger partial charge in [-0.3, -0.25) is 4.99 Å². The number of aryl methyl sites for hydroxylation is 2. The monoisotopic (exact) mass is 617 g/mol. The van der Waals surface area contributed by atoms with Crippen molar-refractivity contribution in [3.63, 3.8) is 0 Å². The first kappa shape index (κ1) is 34.1. The first-order chi connectivity index (χ1) is 21.9. The zero-order chi connectivity index (χ0) is 33.6. The molecule has 0 aliphatic carbocycles. The molecule has 0 radical (unpaired) electrons. The van der Waals surface area contributed by atoms with Crippen LogP contribution in [-0.4, -0.2) is 48.1 Å². The van der Waals surface area contributed by atoms with Crippen LogP contribution >= 0.6 is 0 Å². The molecule has 4 aromatic rings. The number of aromatic nitrogens is 2. The number of rotatable bonds is 10. The van der Waals surface area contributed by atoms with Gasteiger partial charge in [-0.2, -0.15) is 0 Å². The van der Waals surface area contributed by atoms with Crippen molar-refractivity contribution in [3.05, 3.63) is 126 Å². The predicted octanol–water partition coefficient (Wildman–Crippen LogP) is 7.81. The van der Waals surface area contributed by atoms with Crippen LogP contribution < -0.4 is 4.57 Å². The fourth-order valence-corrected chi connectivity index (χ4v) is 5.76. The van der Waals surface area contributed by atoms with Gasteiger partial charge in [0.2, 0.25) is 0 Å². The van der Waals surface area contributed by atoms with Gasteiger partial charge in [-0.25, -0.2) is 19.1 Å². The number of imidazole rings is 1. The van der Waals surface area contributed by atoms with E-state index in [2.05, 4.69) is 119 Å². The Morgan fingerprint density at radius 2 is 1.28 bits per heavy atom. The lowest BCUT2D eigenvalue weighted by Crippen LogP contribution is -2.35. The topological polar surface area (TPSA) is 58.4 Å². The Balaban J connectivity index is 1.53. The van der Waals surface area contributed by atoms with Gasteiger partial charge in [-0.15, -0.1) is 0 Å². The van der Waals surface area contributed by atoms with Crippen molar-refractivity contribution in [1.29, 1.82) is 0 Å². The summed E-state index contributed by atoms with van der Waals surface area (Å²) in [6.45, 7) is 15.0. The van der Waals surface area contributed by atoms with E-state index in [4.69, 9.17) is 14.7 Å². The fraction of sp³-hybridized carbons (Fsp3) is 0.333. The van der Waals surface area contributed by atoms with Crippen LogP contribution in [0, 0.1) is 0 Å². The lowest BCUT2D eigenvalue weighted by molar-refractivity contribution is -0.672. The molecule has 1 heterocycles. The molecule has 240 valence electrons. The zero-order valence-electron chi connectivity index (χ0n) is 29.2. The first-order valence-electron chi connectivity index (χ1n) is 15.7. The Hall–Kier alpha value is -4.78. The number of nitrogens with zero attached hydrogens (tertiary/aromatic N) is 6. The minimum atomic E-state index is -0.184. The largest absolute Gasteiger partial charge is 0.475 e. The number of ether oxygens (including phenoxy) is 1. The molecule has 3 aromatic carbocycles. The average Bonchev–Trinajstić information content (AvgIpc) is 3.40. The molecule has 4 rings (SSSR count). The Morgan fingerprint density at radius 3 is 1.63 bits per heavy atom. The summed E-state index contributed by atoms with van der Waals surface area (Å²) >= 11 is 0. The molecular formula is C39H49N6O+. The van der Waals surface area contributed by atoms with Crippen LogP contribution in [0.3, 0.4) is 0 Å². The lowest BCUT2D eigenvalue weighted by atomic mass is 9.74. The summed E-state index contributed by atoms with van der Waals surface area (Å²) in [5.74, 6) is 2.30. The van der Waals surface area contributed by atoms with Crippen molar-refractivity contribution in [1.82, 2.24) is 9.47 Å². The van der Waals surface area contributed by atoms with Gasteiger partial charge < -0.3 is 9.64 Å². The highest BCUT2D eigenvalue weighted by Crippen LogP contribution is 2.36. The number of methoxy groups -OCH3 is 1. The number of amidine groups is 1. The minimum absolute atomic E-state index is 0.175. The predicted molar refractivity (Wildman–Crippen MR) is 192 cm³/mol. The number of hydrogen-bond donors (Lipinski definition) is 0. The van der Waals surface area contributed by atoms with Crippen LogP contribution in [0.25, 0.3) is 0 Å². The Bertz CT molecular complexity index is 1720. The fourth-order valence-electron chi connectivity index (χ4n) is 5.76. The van der Waals surface area contributed by atoms with Crippen molar-refractivity contribution in [2.45, 2.75) is 51.9 Å². The molecule has 0 spiro atoms. The van der Waals surface area contributed by atoms with Gasteiger partial charge in [0.05, 0.1) is 38.3 Å². The van der Waals surface area contributed by atoms with Crippen LogP contribution in [-0.2, 0) is 29.7 Å². The van der Waals surface area contributed by atoms with Gasteiger partial charge in [0.1, 0.15) is 18.2 Å². The van der Waals surface area contributed by atoms with E-state index >= 15 is 0 Å². The lowest BCUT2D eigenvalue weighted by Gasteiger charge is -2.29. The van der Waals surface area contributed by atoms with E-state index in [1.54, 1.807) is 20.4 Å². The molecule has 1 aromatic heterocycles. The summed E-state index contributed by atoms with van der Waals surface area (Å²) in [5.41, 5.74) is 7.30. The maximum Gasteiger partial charge on any atom is 0.344 e. The molecule has 0 amide bonds. The van der Waals surface area contributed by atoms with Crippen LogP contribution in [0.2, 0.25) is 0 Å². The van der Waals surface area contributed by atoms with Crippen molar-refractivity contribution >= 4 is 28.8 Å². The minimum Gasteiger partial charge on any atom is -0.475 e. The van der Waals surface area contributed by atoms with Gasteiger partial charge in [0.25, 0.3) is 0 Å². The molecule has 0 bridgehead atoms. The highest BCUT2D eigenvalue weighted by Gasteiger charge is 2.27. The number of aliphatic imine (C=N–C) groups is 3. The van der Waals surface area contributed by atoms with Gasteiger partial charge >= 0.3 is 11.7 Å². The van der Waals surface area contributed by atoms with E-state index in [0.717, 1.165) is 35.2 Å². The normalized spacial score (nSPS) is 13.1. The smallest absolute Gasteiger partial charge is 0.344 e. The summed E-state index contributed by atoms with van der Waals surface area (Å²) < 4.78 is 9.64. The first-order valence-corrected chi connectivity index (χ1v) is 15.7. The third-order valence-corrected chi connectivity index (χ3v) is 8.98. The Labute approximate surface area is 275 Å². The zero-order valence-corrected chi connectivity index (χ0v) is 29.2. The van der Waals surface area contributed by atoms with Crippen LogP contribution in [0.4, 0.5) is 11.4 Å². The molecule has 7 nitrogen and oxygen atoms in total. The highest BCUT2D eigenvalue weighted by molar-refractivity contribution is 6.41. The van der Waals surface area contributed by atoms with Crippen LogP contribution in [0.15, 0.2) is 113 Å². The molecule has 0 unspecified atom stereocenters. The molecule has 7 heteroatoms. The summed E-state index contributed by atoms with van der Waals surface area (Å²) in [6.07, 6.45) is 6.50. The summed E-state index contributed by atoms with van der Waals surface area (Å²) in [4.78, 5) is 16.0. The van der Waals surface area contributed by atoms with E-state index in [0.29, 0.717) is 5.90 Å². The molecule has 0 aliphatic heterocycles. The second-order valence-corrected chi connectivity index (χ2v) is 12.6. The number of hydrogen-bond acceptors (Lipinski definition) is 4. The molecular weight excluding hydrogens is 568 g/mol. The summed E-state index contributed by atoms with van der Waals surface area (Å²) in [7, 11) is 9.35. The molecule has 0 N–H and O–H groups in total. The third kappa shape index (κ3) is 7.04. The Kier molecular flexibility index (Phi) is 10.5.